The fraction of sp³-hybridized carbons (Fsp3) is 0.320. The number of ketones is 1. The summed E-state index contributed by atoms with van der Waals surface area (Å²) < 4.78 is 41.7. The van der Waals surface area contributed by atoms with E-state index in [0.29, 0.717) is 12.1 Å². The highest BCUT2D eigenvalue weighted by atomic mass is 35.5. The summed E-state index contributed by atoms with van der Waals surface area (Å²) >= 11 is 5.95. The normalized spacial score (nSPS) is 19.1. The Morgan fingerprint density at radius 1 is 1.26 bits per heavy atom. The van der Waals surface area contributed by atoms with Crippen LogP contribution in [0.5, 0.6) is 0 Å². The SMILES string of the molecule is CCn1cc(-c2cccc(C(NC(=O)c3cccc(C(F)(F)F)c3Cl)C3(O)CCC(=O)C3)c2)cn1. The molecule has 184 valence electrons. The van der Waals surface area contributed by atoms with E-state index in [9.17, 15) is 27.9 Å². The fourth-order valence-electron chi connectivity index (χ4n) is 4.37. The molecule has 1 heterocycles. The number of halogens is 4. The molecular formula is C25H23ClF3N3O3. The van der Waals surface area contributed by atoms with Gasteiger partial charge >= 0.3 is 6.18 Å². The van der Waals surface area contributed by atoms with Crippen molar-refractivity contribution in [2.45, 2.75) is 50.6 Å². The number of hydrogen-bond acceptors (Lipinski definition) is 4. The summed E-state index contributed by atoms with van der Waals surface area (Å²) in [6.07, 6.45) is -1.15. The molecule has 0 aliphatic heterocycles. The van der Waals surface area contributed by atoms with E-state index in [1.165, 1.54) is 6.07 Å². The predicted octanol–water partition coefficient (Wildman–Crippen LogP) is 5.20. The third kappa shape index (κ3) is 5.11. The van der Waals surface area contributed by atoms with Crippen LogP contribution in [0.2, 0.25) is 5.02 Å². The minimum Gasteiger partial charge on any atom is -0.387 e. The zero-order valence-corrected chi connectivity index (χ0v) is 19.5. The van der Waals surface area contributed by atoms with E-state index in [2.05, 4.69) is 10.4 Å². The maximum absolute atomic E-state index is 13.3. The zero-order valence-electron chi connectivity index (χ0n) is 18.8. The number of carbonyl (C=O) groups excluding carboxylic acids is 2. The summed E-state index contributed by atoms with van der Waals surface area (Å²) in [5, 5.41) is 17.5. The number of aliphatic hydroxyl groups is 1. The van der Waals surface area contributed by atoms with Crippen molar-refractivity contribution in [3.05, 3.63) is 76.6 Å². The van der Waals surface area contributed by atoms with Crippen LogP contribution in [0.3, 0.4) is 0 Å². The lowest BCUT2D eigenvalue weighted by molar-refractivity contribution is -0.137. The molecule has 6 nitrogen and oxygen atoms in total. The molecule has 2 unspecified atom stereocenters. The van der Waals surface area contributed by atoms with E-state index >= 15 is 0 Å². The Morgan fingerprint density at radius 3 is 2.63 bits per heavy atom. The van der Waals surface area contributed by atoms with Gasteiger partial charge in [-0.1, -0.05) is 35.9 Å². The van der Waals surface area contributed by atoms with Crippen LogP contribution in [0.1, 0.15) is 53.7 Å². The largest absolute Gasteiger partial charge is 0.417 e. The number of Topliss-reactive ketones (excluding diaryl/α,β-unsaturated/α-hetero) is 1. The van der Waals surface area contributed by atoms with Crippen LogP contribution in [-0.4, -0.2) is 32.2 Å². The van der Waals surface area contributed by atoms with Crippen molar-refractivity contribution in [2.75, 3.05) is 0 Å². The van der Waals surface area contributed by atoms with Gasteiger partial charge in [0.05, 0.1) is 34.0 Å². The van der Waals surface area contributed by atoms with Gasteiger partial charge in [-0.2, -0.15) is 18.3 Å². The second-order valence-corrected chi connectivity index (χ2v) is 8.98. The lowest BCUT2D eigenvalue weighted by atomic mass is 9.85. The molecular weight excluding hydrogens is 483 g/mol. The molecule has 10 heteroatoms. The Labute approximate surface area is 204 Å². The van der Waals surface area contributed by atoms with Gasteiger partial charge in [-0.15, -0.1) is 0 Å². The van der Waals surface area contributed by atoms with Crippen molar-refractivity contribution in [1.82, 2.24) is 15.1 Å². The van der Waals surface area contributed by atoms with Gasteiger partial charge in [0.1, 0.15) is 5.78 Å². The Bertz CT molecular complexity index is 1270. The molecule has 1 aliphatic carbocycles. The zero-order chi connectivity index (χ0) is 25.4. The van der Waals surface area contributed by atoms with E-state index in [4.69, 9.17) is 11.6 Å². The number of nitrogens with zero attached hydrogens (tertiary/aromatic N) is 2. The van der Waals surface area contributed by atoms with E-state index in [-0.39, 0.29) is 30.6 Å². The highest BCUT2D eigenvalue weighted by Crippen LogP contribution is 2.40. The van der Waals surface area contributed by atoms with Gasteiger partial charge < -0.3 is 10.4 Å². The molecule has 4 rings (SSSR count). The number of amides is 1. The van der Waals surface area contributed by atoms with Crippen LogP contribution < -0.4 is 5.32 Å². The molecule has 1 fully saturated rings. The lowest BCUT2D eigenvalue weighted by Gasteiger charge is -2.33. The molecule has 1 saturated carbocycles. The van der Waals surface area contributed by atoms with Crippen LogP contribution in [0, 0.1) is 0 Å². The molecule has 2 atom stereocenters. The van der Waals surface area contributed by atoms with Gasteiger partial charge in [-0.05, 0) is 42.7 Å². The predicted molar refractivity (Wildman–Crippen MR) is 124 cm³/mol. The first-order chi connectivity index (χ1) is 16.5. The number of benzene rings is 2. The highest BCUT2D eigenvalue weighted by molar-refractivity contribution is 6.34. The first-order valence-electron chi connectivity index (χ1n) is 11.1. The van der Waals surface area contributed by atoms with Crippen molar-refractivity contribution in [3.63, 3.8) is 0 Å². The number of aryl methyl sites for hydroxylation is 1. The van der Waals surface area contributed by atoms with Crippen LogP contribution in [-0.2, 0) is 17.5 Å². The Hall–Kier alpha value is -3.17. The Balaban J connectivity index is 1.73. The molecule has 2 aromatic carbocycles. The summed E-state index contributed by atoms with van der Waals surface area (Å²) in [6.45, 7) is 2.63. The van der Waals surface area contributed by atoms with Gasteiger partial charge in [-0.25, -0.2) is 0 Å². The number of carbonyl (C=O) groups is 2. The first kappa shape index (κ1) is 24.9. The average molecular weight is 506 g/mol. The van der Waals surface area contributed by atoms with Crippen LogP contribution >= 0.6 is 11.6 Å². The quantitative estimate of drug-likeness (QED) is 0.482. The molecule has 0 bridgehead atoms. The third-order valence-corrected chi connectivity index (χ3v) is 6.62. The molecule has 2 N–H and O–H groups in total. The summed E-state index contributed by atoms with van der Waals surface area (Å²) in [5.41, 5.74) is -1.03. The number of nitrogens with one attached hydrogen (secondary N) is 1. The molecule has 1 amide bonds. The van der Waals surface area contributed by atoms with Crippen LogP contribution in [0.15, 0.2) is 54.9 Å². The molecule has 0 spiro atoms. The number of hydrogen-bond donors (Lipinski definition) is 2. The Kier molecular flexibility index (Phi) is 6.75. The summed E-state index contributed by atoms with van der Waals surface area (Å²) in [6, 6.07) is 9.04. The van der Waals surface area contributed by atoms with E-state index in [1.54, 1.807) is 29.1 Å². The fourth-order valence-corrected chi connectivity index (χ4v) is 4.69. The van der Waals surface area contributed by atoms with Crippen molar-refractivity contribution in [2.24, 2.45) is 0 Å². The number of aromatic nitrogens is 2. The molecule has 1 aromatic heterocycles. The summed E-state index contributed by atoms with van der Waals surface area (Å²) in [7, 11) is 0. The minimum atomic E-state index is -4.74. The van der Waals surface area contributed by atoms with Crippen molar-refractivity contribution >= 4 is 23.3 Å². The van der Waals surface area contributed by atoms with Crippen molar-refractivity contribution < 1.29 is 27.9 Å². The maximum atomic E-state index is 13.3. The lowest BCUT2D eigenvalue weighted by Crippen LogP contribution is -2.45. The number of rotatable bonds is 6. The van der Waals surface area contributed by atoms with Gasteiger partial charge in [0.15, 0.2) is 0 Å². The molecule has 0 saturated heterocycles. The van der Waals surface area contributed by atoms with Crippen molar-refractivity contribution in [1.29, 1.82) is 0 Å². The van der Waals surface area contributed by atoms with Crippen molar-refractivity contribution in [3.8, 4) is 11.1 Å². The van der Waals surface area contributed by atoms with Gasteiger partial charge in [0, 0.05) is 31.1 Å². The molecule has 3 aromatic rings. The summed E-state index contributed by atoms with van der Waals surface area (Å²) in [5.74, 6) is -1.05. The van der Waals surface area contributed by atoms with Crippen LogP contribution in [0.25, 0.3) is 11.1 Å². The molecule has 1 aliphatic rings. The molecule has 0 radical (unpaired) electrons. The maximum Gasteiger partial charge on any atom is 0.417 e. The van der Waals surface area contributed by atoms with Gasteiger partial charge in [-0.3, -0.25) is 14.3 Å². The second-order valence-electron chi connectivity index (χ2n) is 8.60. The van der Waals surface area contributed by atoms with Gasteiger partial charge in [0.25, 0.3) is 5.91 Å². The highest BCUT2D eigenvalue weighted by Gasteiger charge is 2.45. The third-order valence-electron chi connectivity index (χ3n) is 6.21. The average Bonchev–Trinajstić information content (AvgIpc) is 3.43. The monoisotopic (exact) mass is 505 g/mol. The second kappa shape index (κ2) is 9.47. The minimum absolute atomic E-state index is 0.102. The van der Waals surface area contributed by atoms with Gasteiger partial charge in [0.2, 0.25) is 0 Å². The van der Waals surface area contributed by atoms with Crippen LogP contribution in [0.4, 0.5) is 13.2 Å². The smallest absolute Gasteiger partial charge is 0.387 e. The molecule has 35 heavy (non-hydrogen) atoms. The van der Waals surface area contributed by atoms with E-state index in [0.717, 1.165) is 23.3 Å². The van der Waals surface area contributed by atoms with E-state index in [1.807, 2.05) is 19.2 Å². The topological polar surface area (TPSA) is 84.2 Å². The van der Waals surface area contributed by atoms with E-state index < -0.39 is 34.3 Å². The summed E-state index contributed by atoms with van der Waals surface area (Å²) in [4.78, 5) is 25.2. The Morgan fingerprint density at radius 2 is 2.00 bits per heavy atom. The standard InChI is InChI=1S/C25H23ClF3N3O3/c1-2-32-14-17(13-30-32)15-5-3-6-16(11-15)22(24(35)10-9-18(33)12-24)31-23(34)19-7-4-8-20(21(19)26)25(27,28)29/h3-8,11,13-14,22,35H,2,9-10,12H2,1H3,(H,31,34). The first-order valence-corrected chi connectivity index (χ1v) is 11.4. The number of alkyl halides is 3.